The molecule has 4 heteroatoms. The van der Waals surface area contributed by atoms with Crippen molar-refractivity contribution in [3.63, 3.8) is 0 Å². The first kappa shape index (κ1) is 15.3. The smallest absolute Gasteiger partial charge is 0.265 e. The van der Waals surface area contributed by atoms with Gasteiger partial charge in [-0.25, -0.2) is 0 Å². The molecule has 2 aromatic carbocycles. The van der Waals surface area contributed by atoms with Crippen LogP contribution in [0.3, 0.4) is 0 Å². The molecule has 0 aliphatic carbocycles. The van der Waals surface area contributed by atoms with Gasteiger partial charge in [0, 0.05) is 29.4 Å². The summed E-state index contributed by atoms with van der Waals surface area (Å²) in [4.78, 5) is 17.4. The molecule has 1 saturated heterocycles. The van der Waals surface area contributed by atoms with Crippen molar-refractivity contribution in [3.05, 3.63) is 64.8 Å². The zero-order valence-corrected chi connectivity index (χ0v) is 14.4. The number of carbonyl (C=O) groups excluding carboxylic acids is 1. The van der Waals surface area contributed by atoms with Crippen molar-refractivity contribution < 1.29 is 4.79 Å². The third-order valence-corrected chi connectivity index (χ3v) is 5.03. The Hall–Kier alpha value is -2.26. The summed E-state index contributed by atoms with van der Waals surface area (Å²) in [6.07, 6.45) is 2.08. The molecular formula is C20H19ClN2O. The van der Waals surface area contributed by atoms with Crippen molar-refractivity contribution >= 4 is 34.5 Å². The maximum atomic E-state index is 13.3. The molecule has 122 valence electrons. The van der Waals surface area contributed by atoms with Crippen LogP contribution in [-0.4, -0.2) is 23.9 Å². The Labute approximate surface area is 147 Å². The molecule has 2 aromatic rings. The number of anilines is 2. The molecule has 1 fully saturated rings. The van der Waals surface area contributed by atoms with Gasteiger partial charge < -0.3 is 4.90 Å². The molecule has 1 amide bonds. The second-order valence-corrected chi connectivity index (χ2v) is 6.58. The zero-order chi connectivity index (χ0) is 16.7. The first-order valence-corrected chi connectivity index (χ1v) is 8.76. The van der Waals surface area contributed by atoms with Crippen LogP contribution in [0.1, 0.15) is 25.3 Å². The van der Waals surface area contributed by atoms with E-state index in [1.807, 2.05) is 48.5 Å². The van der Waals surface area contributed by atoms with Crippen LogP contribution in [0.2, 0.25) is 5.02 Å². The SMILES string of the molecule is CCN1CCC/C1=C1\C(=O)N(c2cccc(Cl)c2)c2ccccc21. The number of likely N-dealkylation sites (tertiary alicyclic amines) is 1. The zero-order valence-electron chi connectivity index (χ0n) is 13.6. The van der Waals surface area contributed by atoms with E-state index in [0.29, 0.717) is 5.02 Å². The Bertz CT molecular complexity index is 843. The quantitative estimate of drug-likeness (QED) is 0.731. The Morgan fingerprint density at radius 1 is 1.12 bits per heavy atom. The van der Waals surface area contributed by atoms with E-state index in [0.717, 1.165) is 48.4 Å². The molecule has 0 unspecified atom stereocenters. The van der Waals surface area contributed by atoms with Gasteiger partial charge in [0.2, 0.25) is 0 Å². The fraction of sp³-hybridized carbons (Fsp3) is 0.250. The second-order valence-electron chi connectivity index (χ2n) is 6.14. The molecule has 0 bridgehead atoms. The van der Waals surface area contributed by atoms with Gasteiger partial charge in [0.25, 0.3) is 5.91 Å². The molecule has 0 N–H and O–H groups in total. The lowest BCUT2D eigenvalue weighted by atomic mass is 10.0. The maximum absolute atomic E-state index is 13.3. The molecule has 0 radical (unpaired) electrons. The molecule has 0 saturated carbocycles. The fourth-order valence-electron chi connectivity index (χ4n) is 3.73. The molecule has 2 aliphatic rings. The van der Waals surface area contributed by atoms with Crippen LogP contribution in [0.25, 0.3) is 5.57 Å². The monoisotopic (exact) mass is 338 g/mol. The van der Waals surface area contributed by atoms with Gasteiger partial charge in [0.05, 0.1) is 16.9 Å². The lowest BCUT2D eigenvalue weighted by Gasteiger charge is -2.20. The van der Waals surface area contributed by atoms with E-state index in [9.17, 15) is 4.79 Å². The van der Waals surface area contributed by atoms with Gasteiger partial charge >= 0.3 is 0 Å². The van der Waals surface area contributed by atoms with Crippen LogP contribution in [0.4, 0.5) is 11.4 Å². The van der Waals surface area contributed by atoms with E-state index in [4.69, 9.17) is 11.6 Å². The van der Waals surface area contributed by atoms with E-state index in [-0.39, 0.29) is 5.91 Å². The van der Waals surface area contributed by atoms with E-state index < -0.39 is 0 Å². The number of halogens is 1. The molecule has 0 spiro atoms. The largest absolute Gasteiger partial charge is 0.374 e. The van der Waals surface area contributed by atoms with Crippen LogP contribution >= 0.6 is 11.6 Å². The van der Waals surface area contributed by atoms with Gasteiger partial charge in [-0.3, -0.25) is 9.69 Å². The molecule has 0 aromatic heterocycles. The van der Waals surface area contributed by atoms with E-state index in [1.54, 1.807) is 4.90 Å². The van der Waals surface area contributed by atoms with Crippen LogP contribution in [0.15, 0.2) is 54.2 Å². The van der Waals surface area contributed by atoms with Crippen molar-refractivity contribution in [2.75, 3.05) is 18.0 Å². The second kappa shape index (κ2) is 5.99. The van der Waals surface area contributed by atoms with Gasteiger partial charge in [-0.2, -0.15) is 0 Å². The molecule has 2 aliphatic heterocycles. The van der Waals surface area contributed by atoms with Gasteiger partial charge in [-0.05, 0) is 44.0 Å². The number of para-hydroxylation sites is 1. The number of benzene rings is 2. The number of allylic oxidation sites excluding steroid dienone is 1. The first-order chi connectivity index (χ1) is 11.7. The summed E-state index contributed by atoms with van der Waals surface area (Å²) in [6, 6.07) is 15.5. The average molecular weight is 339 g/mol. The highest BCUT2D eigenvalue weighted by atomic mass is 35.5. The molecule has 3 nitrogen and oxygen atoms in total. The topological polar surface area (TPSA) is 23.6 Å². The Morgan fingerprint density at radius 2 is 1.96 bits per heavy atom. The summed E-state index contributed by atoms with van der Waals surface area (Å²) >= 11 is 6.15. The minimum absolute atomic E-state index is 0.0498. The minimum atomic E-state index is 0.0498. The molecule has 2 heterocycles. The normalized spacial score (nSPS) is 20.0. The standard InChI is InChI=1S/C20H19ClN2O/c1-2-22-12-6-11-18(22)19-16-9-3-4-10-17(16)23(20(19)24)15-8-5-7-14(21)13-15/h3-5,7-10,13H,2,6,11-12H2,1H3/b19-18+. The highest BCUT2D eigenvalue weighted by Crippen LogP contribution is 2.45. The van der Waals surface area contributed by atoms with Crippen molar-refractivity contribution in [1.82, 2.24) is 4.90 Å². The number of hydrogen-bond donors (Lipinski definition) is 0. The number of carbonyl (C=O) groups is 1. The van der Waals surface area contributed by atoms with Crippen molar-refractivity contribution in [3.8, 4) is 0 Å². The van der Waals surface area contributed by atoms with E-state index >= 15 is 0 Å². The summed E-state index contributed by atoms with van der Waals surface area (Å²) in [5.41, 5.74) is 4.81. The number of rotatable bonds is 2. The van der Waals surface area contributed by atoms with Crippen LogP contribution < -0.4 is 4.90 Å². The highest BCUT2D eigenvalue weighted by Gasteiger charge is 2.37. The first-order valence-electron chi connectivity index (χ1n) is 8.38. The summed E-state index contributed by atoms with van der Waals surface area (Å²) in [6.45, 7) is 4.11. The predicted molar refractivity (Wildman–Crippen MR) is 98.4 cm³/mol. The third-order valence-electron chi connectivity index (χ3n) is 4.79. The predicted octanol–water partition coefficient (Wildman–Crippen LogP) is 4.85. The van der Waals surface area contributed by atoms with Gasteiger partial charge in [0.15, 0.2) is 0 Å². The minimum Gasteiger partial charge on any atom is -0.374 e. The third kappa shape index (κ3) is 2.31. The van der Waals surface area contributed by atoms with Crippen LogP contribution in [0.5, 0.6) is 0 Å². The van der Waals surface area contributed by atoms with E-state index in [2.05, 4.69) is 11.8 Å². The molecular weight excluding hydrogens is 320 g/mol. The summed E-state index contributed by atoms with van der Waals surface area (Å²) < 4.78 is 0. The molecule has 4 rings (SSSR count). The summed E-state index contributed by atoms with van der Waals surface area (Å²) in [7, 11) is 0. The maximum Gasteiger partial charge on any atom is 0.265 e. The lowest BCUT2D eigenvalue weighted by molar-refractivity contribution is -0.112. The van der Waals surface area contributed by atoms with Gasteiger partial charge in [-0.1, -0.05) is 35.9 Å². The Morgan fingerprint density at radius 3 is 2.75 bits per heavy atom. The van der Waals surface area contributed by atoms with Crippen molar-refractivity contribution in [1.29, 1.82) is 0 Å². The number of fused-ring (bicyclic) bond motifs is 1. The summed E-state index contributed by atoms with van der Waals surface area (Å²) in [5.74, 6) is 0.0498. The summed E-state index contributed by atoms with van der Waals surface area (Å²) in [5, 5.41) is 0.634. The Balaban J connectivity index is 1.91. The Kier molecular flexibility index (Phi) is 3.81. The van der Waals surface area contributed by atoms with Crippen LogP contribution in [-0.2, 0) is 4.79 Å². The highest BCUT2D eigenvalue weighted by molar-refractivity contribution is 6.36. The number of hydrogen-bond acceptors (Lipinski definition) is 2. The average Bonchev–Trinajstić information content (AvgIpc) is 3.15. The number of amides is 1. The number of nitrogens with zero attached hydrogens (tertiary/aromatic N) is 2. The van der Waals surface area contributed by atoms with E-state index in [1.165, 1.54) is 5.70 Å². The van der Waals surface area contributed by atoms with Crippen molar-refractivity contribution in [2.24, 2.45) is 0 Å². The fourth-order valence-corrected chi connectivity index (χ4v) is 3.91. The lowest BCUT2D eigenvalue weighted by Crippen LogP contribution is -2.24. The van der Waals surface area contributed by atoms with Crippen LogP contribution in [0, 0.1) is 0 Å². The van der Waals surface area contributed by atoms with Gasteiger partial charge in [-0.15, -0.1) is 0 Å². The van der Waals surface area contributed by atoms with Gasteiger partial charge in [0.1, 0.15) is 0 Å². The molecule has 24 heavy (non-hydrogen) atoms. The molecule has 0 atom stereocenters. The van der Waals surface area contributed by atoms with Crippen molar-refractivity contribution in [2.45, 2.75) is 19.8 Å².